The van der Waals surface area contributed by atoms with E-state index in [9.17, 15) is 4.79 Å². The van der Waals surface area contributed by atoms with E-state index in [0.717, 1.165) is 11.3 Å². The van der Waals surface area contributed by atoms with E-state index < -0.39 is 5.97 Å². The van der Waals surface area contributed by atoms with Crippen molar-refractivity contribution in [1.29, 1.82) is 0 Å². The molecule has 1 aliphatic rings. The number of H-pyrrole nitrogens is 1. The number of rotatable bonds is 1. The van der Waals surface area contributed by atoms with Crippen molar-refractivity contribution < 1.29 is 9.53 Å². The highest BCUT2D eigenvalue weighted by Crippen LogP contribution is 2.16. The quantitative estimate of drug-likeness (QED) is 0.524. The lowest BCUT2D eigenvalue weighted by Crippen LogP contribution is -2.10. The third-order valence-electron chi connectivity index (χ3n) is 2.10. The van der Waals surface area contributed by atoms with Crippen LogP contribution in [0.2, 0.25) is 0 Å². The number of hydrogen-bond acceptors (Lipinski definition) is 5. The standard InChI is InChI=1S/C8H9N3O2S/c1-13-7(12)6-4-2-9-3-5(4)10-8(14)11-6/h9H,2-3H2,1H3,(H,10,11,14). The fraction of sp³-hybridized carbons (Fsp3) is 0.375. The van der Waals surface area contributed by atoms with E-state index in [0.29, 0.717) is 23.6 Å². The first-order chi connectivity index (χ1) is 6.72. The summed E-state index contributed by atoms with van der Waals surface area (Å²) in [5.41, 5.74) is 2.09. The molecule has 0 unspecified atom stereocenters. The molecule has 1 aromatic rings. The summed E-state index contributed by atoms with van der Waals surface area (Å²) in [5.74, 6) is -0.440. The molecule has 2 rings (SSSR count). The molecule has 0 saturated heterocycles. The van der Waals surface area contributed by atoms with Crippen molar-refractivity contribution in [3.63, 3.8) is 0 Å². The average Bonchev–Trinajstić information content (AvgIpc) is 2.62. The molecule has 74 valence electrons. The normalized spacial score (nSPS) is 13.8. The first-order valence-corrected chi connectivity index (χ1v) is 4.54. The number of esters is 1. The Morgan fingerprint density at radius 2 is 2.36 bits per heavy atom. The highest BCUT2D eigenvalue weighted by molar-refractivity contribution is 7.71. The van der Waals surface area contributed by atoms with Gasteiger partial charge in [-0.05, 0) is 12.2 Å². The molecule has 2 N–H and O–H groups in total. The molecule has 1 aliphatic heterocycles. The molecule has 0 saturated carbocycles. The molecule has 5 nitrogen and oxygen atoms in total. The van der Waals surface area contributed by atoms with Crippen molar-refractivity contribution in [2.24, 2.45) is 0 Å². The summed E-state index contributed by atoms with van der Waals surface area (Å²) in [5, 5.41) is 3.11. The summed E-state index contributed by atoms with van der Waals surface area (Å²) in [6.45, 7) is 1.31. The minimum Gasteiger partial charge on any atom is -0.464 e. The molecular formula is C8H9N3O2S. The summed E-state index contributed by atoms with van der Waals surface area (Å²) in [4.78, 5) is 18.3. The van der Waals surface area contributed by atoms with E-state index in [-0.39, 0.29) is 0 Å². The van der Waals surface area contributed by atoms with Gasteiger partial charge in [0.1, 0.15) is 0 Å². The zero-order valence-electron chi connectivity index (χ0n) is 7.59. The van der Waals surface area contributed by atoms with Crippen molar-refractivity contribution in [2.75, 3.05) is 7.11 Å². The van der Waals surface area contributed by atoms with Gasteiger partial charge in [-0.15, -0.1) is 0 Å². The van der Waals surface area contributed by atoms with Gasteiger partial charge in [0.15, 0.2) is 10.5 Å². The van der Waals surface area contributed by atoms with E-state index >= 15 is 0 Å². The maximum Gasteiger partial charge on any atom is 0.357 e. The second-order valence-corrected chi connectivity index (χ2v) is 3.33. The fourth-order valence-corrected chi connectivity index (χ4v) is 1.68. The Kier molecular flexibility index (Phi) is 2.30. The van der Waals surface area contributed by atoms with Crippen LogP contribution in [0.25, 0.3) is 0 Å². The molecular weight excluding hydrogens is 202 g/mol. The zero-order chi connectivity index (χ0) is 10.1. The van der Waals surface area contributed by atoms with E-state index in [1.807, 2.05) is 0 Å². The van der Waals surface area contributed by atoms with Crippen LogP contribution in [0.4, 0.5) is 0 Å². The fourth-order valence-electron chi connectivity index (χ4n) is 1.46. The Labute approximate surface area is 85.5 Å². The number of nitrogens with one attached hydrogen (secondary N) is 2. The van der Waals surface area contributed by atoms with Crippen LogP contribution in [0.3, 0.4) is 0 Å². The molecule has 1 aromatic heterocycles. The van der Waals surface area contributed by atoms with Crippen LogP contribution < -0.4 is 5.32 Å². The maximum atomic E-state index is 11.4. The Balaban J connectivity index is 2.59. The van der Waals surface area contributed by atoms with Gasteiger partial charge in [0.25, 0.3) is 0 Å². The van der Waals surface area contributed by atoms with Gasteiger partial charge in [-0.1, -0.05) is 0 Å². The number of nitrogens with zero attached hydrogens (tertiary/aromatic N) is 1. The van der Waals surface area contributed by atoms with Crippen molar-refractivity contribution in [3.8, 4) is 0 Å². The van der Waals surface area contributed by atoms with Gasteiger partial charge in [-0.2, -0.15) is 0 Å². The van der Waals surface area contributed by atoms with Gasteiger partial charge in [0.2, 0.25) is 0 Å². The molecule has 0 bridgehead atoms. The van der Waals surface area contributed by atoms with Gasteiger partial charge < -0.3 is 15.0 Å². The maximum absolute atomic E-state index is 11.4. The highest BCUT2D eigenvalue weighted by Gasteiger charge is 2.21. The molecule has 0 spiro atoms. The molecule has 6 heteroatoms. The second-order valence-electron chi connectivity index (χ2n) is 2.94. The van der Waals surface area contributed by atoms with Gasteiger partial charge in [0.05, 0.1) is 7.11 Å². The topological polar surface area (TPSA) is 67.0 Å². The minimum absolute atomic E-state index is 0.313. The number of aromatic amines is 1. The Morgan fingerprint density at radius 3 is 3.07 bits per heavy atom. The molecule has 0 atom stereocenters. The molecule has 0 amide bonds. The minimum atomic E-state index is -0.440. The van der Waals surface area contributed by atoms with E-state index in [4.69, 9.17) is 12.2 Å². The zero-order valence-corrected chi connectivity index (χ0v) is 8.40. The van der Waals surface area contributed by atoms with Crippen LogP contribution >= 0.6 is 12.2 Å². The van der Waals surface area contributed by atoms with Crippen molar-refractivity contribution in [3.05, 3.63) is 21.7 Å². The van der Waals surface area contributed by atoms with Gasteiger partial charge in [-0.3, -0.25) is 0 Å². The molecule has 0 aliphatic carbocycles. The summed E-state index contributed by atoms with van der Waals surface area (Å²) < 4.78 is 4.94. The van der Waals surface area contributed by atoms with Gasteiger partial charge in [-0.25, -0.2) is 9.78 Å². The molecule has 14 heavy (non-hydrogen) atoms. The van der Waals surface area contributed by atoms with E-state index in [2.05, 4.69) is 20.0 Å². The van der Waals surface area contributed by atoms with Crippen molar-refractivity contribution >= 4 is 18.2 Å². The Morgan fingerprint density at radius 1 is 1.57 bits per heavy atom. The Bertz CT molecular complexity index is 441. The number of methoxy groups -OCH3 is 1. The van der Waals surface area contributed by atoms with Crippen molar-refractivity contribution in [2.45, 2.75) is 13.1 Å². The van der Waals surface area contributed by atoms with Gasteiger partial charge in [0, 0.05) is 24.3 Å². The highest BCUT2D eigenvalue weighted by atomic mass is 32.1. The number of aromatic nitrogens is 2. The van der Waals surface area contributed by atoms with Crippen molar-refractivity contribution in [1.82, 2.24) is 15.3 Å². The third-order valence-corrected chi connectivity index (χ3v) is 2.30. The number of ether oxygens (including phenoxy) is 1. The lowest BCUT2D eigenvalue weighted by molar-refractivity contribution is 0.0592. The van der Waals surface area contributed by atoms with Gasteiger partial charge >= 0.3 is 5.97 Å². The molecule has 2 heterocycles. The van der Waals surface area contributed by atoms with Crippen LogP contribution in [0, 0.1) is 4.77 Å². The summed E-state index contributed by atoms with van der Waals surface area (Å²) in [6, 6.07) is 0. The monoisotopic (exact) mass is 211 g/mol. The number of carbonyl (C=O) groups is 1. The predicted octanol–water partition coefficient (Wildman–Crippen LogP) is 0.529. The Hall–Kier alpha value is -1.27. The number of fused-ring (bicyclic) bond motifs is 1. The predicted molar refractivity (Wildman–Crippen MR) is 51.3 cm³/mol. The lowest BCUT2D eigenvalue weighted by atomic mass is 10.2. The largest absolute Gasteiger partial charge is 0.464 e. The smallest absolute Gasteiger partial charge is 0.357 e. The molecule has 0 radical (unpaired) electrons. The van der Waals surface area contributed by atoms with Crippen LogP contribution in [0.5, 0.6) is 0 Å². The van der Waals surface area contributed by atoms with Crippen LogP contribution in [-0.2, 0) is 17.8 Å². The van der Waals surface area contributed by atoms with Crippen LogP contribution in [0.1, 0.15) is 21.7 Å². The molecule has 0 fully saturated rings. The molecule has 0 aromatic carbocycles. The SMILES string of the molecule is COC(=O)c1nc(=S)[nH]c2c1CNC2. The van der Waals surface area contributed by atoms with Crippen LogP contribution in [0.15, 0.2) is 0 Å². The summed E-state index contributed by atoms with van der Waals surface area (Å²) in [6.07, 6.45) is 0. The average molecular weight is 211 g/mol. The summed E-state index contributed by atoms with van der Waals surface area (Å²) >= 11 is 4.91. The lowest BCUT2D eigenvalue weighted by Gasteiger charge is -2.03. The first kappa shape index (κ1) is 9.29. The van der Waals surface area contributed by atoms with Crippen LogP contribution in [-0.4, -0.2) is 23.0 Å². The third kappa shape index (κ3) is 1.42. The van der Waals surface area contributed by atoms with E-state index in [1.54, 1.807) is 0 Å². The number of carbonyl (C=O) groups excluding carboxylic acids is 1. The van der Waals surface area contributed by atoms with E-state index in [1.165, 1.54) is 7.11 Å². The number of hydrogen-bond donors (Lipinski definition) is 2. The second kappa shape index (κ2) is 3.47. The first-order valence-electron chi connectivity index (χ1n) is 4.13. The summed E-state index contributed by atoms with van der Waals surface area (Å²) in [7, 11) is 1.33.